The predicted octanol–water partition coefficient (Wildman–Crippen LogP) is 1.62. The van der Waals surface area contributed by atoms with Gasteiger partial charge in [-0.1, -0.05) is 11.6 Å². The third-order valence-corrected chi connectivity index (χ3v) is 2.15. The summed E-state index contributed by atoms with van der Waals surface area (Å²) >= 11 is 5.60. The summed E-state index contributed by atoms with van der Waals surface area (Å²) in [5.41, 5.74) is -0.298. The van der Waals surface area contributed by atoms with Gasteiger partial charge >= 0.3 is 11.7 Å². The van der Waals surface area contributed by atoms with Gasteiger partial charge in [0.25, 0.3) is 0 Å². The van der Waals surface area contributed by atoms with Crippen molar-refractivity contribution >= 4 is 29.1 Å². The van der Waals surface area contributed by atoms with Crippen molar-refractivity contribution in [3.05, 3.63) is 27.4 Å². The highest BCUT2D eigenvalue weighted by atomic mass is 35.5. The molecule has 1 unspecified atom stereocenters. The minimum atomic E-state index is -0.743. The quantitative estimate of drug-likeness (QED) is 0.501. The monoisotopic (exact) mass is 259 g/mol. The van der Waals surface area contributed by atoms with Crippen molar-refractivity contribution in [2.75, 3.05) is 12.4 Å². The van der Waals surface area contributed by atoms with Crippen LogP contribution in [0.1, 0.15) is 6.92 Å². The zero-order chi connectivity index (χ0) is 13.0. The minimum absolute atomic E-state index is 0.0303. The summed E-state index contributed by atoms with van der Waals surface area (Å²) in [6, 6.07) is 0.410. The molecule has 1 heterocycles. The van der Waals surface area contributed by atoms with E-state index in [9.17, 15) is 14.9 Å². The molecule has 0 bridgehead atoms. The van der Waals surface area contributed by atoms with Crippen LogP contribution in [-0.4, -0.2) is 29.0 Å². The summed E-state index contributed by atoms with van der Waals surface area (Å²) in [4.78, 5) is 25.0. The number of aromatic nitrogens is 1. The molecule has 0 aliphatic rings. The van der Waals surface area contributed by atoms with Crippen molar-refractivity contribution < 1.29 is 14.5 Å². The number of nitrogens with zero attached hydrogens (tertiary/aromatic N) is 2. The average molecular weight is 260 g/mol. The van der Waals surface area contributed by atoms with Crippen LogP contribution in [0.5, 0.6) is 0 Å². The van der Waals surface area contributed by atoms with Crippen LogP contribution in [0.2, 0.25) is 5.02 Å². The number of carbonyl (C=O) groups excluding carboxylic acids is 1. The molecule has 0 aliphatic heterocycles. The van der Waals surface area contributed by atoms with E-state index in [1.54, 1.807) is 0 Å². The molecule has 0 spiro atoms. The molecule has 0 aliphatic carbocycles. The van der Waals surface area contributed by atoms with E-state index in [0.717, 1.165) is 6.07 Å². The molecule has 0 saturated heterocycles. The molecule has 1 aromatic rings. The molecule has 7 nitrogen and oxygen atoms in total. The highest BCUT2D eigenvalue weighted by Crippen LogP contribution is 2.25. The minimum Gasteiger partial charge on any atom is -0.467 e. The Hall–Kier alpha value is -1.89. The normalized spacial score (nSPS) is 11.7. The molecule has 0 amide bonds. The van der Waals surface area contributed by atoms with Gasteiger partial charge in [-0.25, -0.2) is 9.78 Å². The Balaban J connectivity index is 2.98. The second-order valence-corrected chi connectivity index (χ2v) is 3.60. The third kappa shape index (κ3) is 3.28. The summed E-state index contributed by atoms with van der Waals surface area (Å²) in [5.74, 6) is -0.576. The van der Waals surface area contributed by atoms with Gasteiger partial charge in [-0.05, 0) is 6.92 Å². The Kier molecular flexibility index (Phi) is 4.22. The van der Waals surface area contributed by atoms with Crippen LogP contribution < -0.4 is 5.32 Å². The van der Waals surface area contributed by atoms with Crippen molar-refractivity contribution in [1.82, 2.24) is 4.98 Å². The molecule has 1 rings (SSSR count). The van der Waals surface area contributed by atoms with Crippen LogP contribution in [-0.2, 0) is 9.53 Å². The Labute approximate surface area is 102 Å². The Bertz CT molecular complexity index is 452. The van der Waals surface area contributed by atoms with Crippen molar-refractivity contribution in [1.29, 1.82) is 0 Å². The Morgan fingerprint density at radius 2 is 2.35 bits per heavy atom. The van der Waals surface area contributed by atoms with Gasteiger partial charge in [-0.3, -0.25) is 10.1 Å². The summed E-state index contributed by atoms with van der Waals surface area (Å²) in [5, 5.41) is 13.5. The number of hydrogen-bond donors (Lipinski definition) is 1. The van der Waals surface area contributed by atoms with E-state index in [1.165, 1.54) is 20.2 Å². The number of pyridine rings is 1. The van der Waals surface area contributed by atoms with Crippen molar-refractivity contribution in [3.63, 3.8) is 0 Å². The van der Waals surface area contributed by atoms with Crippen LogP contribution in [0, 0.1) is 10.1 Å². The predicted molar refractivity (Wildman–Crippen MR) is 61.0 cm³/mol. The van der Waals surface area contributed by atoms with Crippen LogP contribution in [0.4, 0.5) is 11.5 Å². The summed E-state index contributed by atoms with van der Waals surface area (Å²) in [6.07, 6.45) is 1.25. The Morgan fingerprint density at radius 3 is 2.88 bits per heavy atom. The number of carbonyl (C=O) groups is 1. The number of esters is 1. The zero-order valence-corrected chi connectivity index (χ0v) is 9.89. The topological polar surface area (TPSA) is 94.4 Å². The van der Waals surface area contributed by atoms with Crippen LogP contribution in [0.25, 0.3) is 0 Å². The maximum atomic E-state index is 11.2. The van der Waals surface area contributed by atoms with Crippen molar-refractivity contribution in [2.45, 2.75) is 13.0 Å². The van der Waals surface area contributed by atoms with E-state index in [4.69, 9.17) is 11.6 Å². The summed E-state index contributed by atoms with van der Waals surface area (Å²) in [6.45, 7) is 1.51. The van der Waals surface area contributed by atoms with Crippen LogP contribution in [0.3, 0.4) is 0 Å². The first-order valence-electron chi connectivity index (χ1n) is 4.60. The first kappa shape index (κ1) is 13.2. The number of rotatable bonds is 4. The summed E-state index contributed by atoms with van der Waals surface area (Å²) in [7, 11) is 1.23. The smallest absolute Gasteiger partial charge is 0.328 e. The zero-order valence-electron chi connectivity index (χ0n) is 9.14. The first-order chi connectivity index (χ1) is 7.95. The molecule has 17 heavy (non-hydrogen) atoms. The van der Waals surface area contributed by atoms with Crippen LogP contribution in [0.15, 0.2) is 12.3 Å². The van der Waals surface area contributed by atoms with E-state index in [1.807, 2.05) is 0 Å². The maximum absolute atomic E-state index is 11.2. The van der Waals surface area contributed by atoms with Crippen molar-refractivity contribution in [2.24, 2.45) is 0 Å². The van der Waals surface area contributed by atoms with Gasteiger partial charge in [-0.2, -0.15) is 0 Å². The number of methoxy groups -OCH3 is 1. The fraction of sp³-hybridized carbons (Fsp3) is 0.333. The van der Waals surface area contributed by atoms with Gasteiger partial charge in [0, 0.05) is 12.3 Å². The second-order valence-electron chi connectivity index (χ2n) is 3.17. The van der Waals surface area contributed by atoms with Gasteiger partial charge in [0.15, 0.2) is 0 Å². The van der Waals surface area contributed by atoms with Gasteiger partial charge in [-0.15, -0.1) is 0 Å². The number of nitro groups is 1. The molecule has 1 atom stereocenters. The highest BCUT2D eigenvalue weighted by Gasteiger charge is 2.21. The van der Waals surface area contributed by atoms with Gasteiger partial charge < -0.3 is 10.1 Å². The maximum Gasteiger partial charge on any atom is 0.328 e. The largest absolute Gasteiger partial charge is 0.467 e. The fourth-order valence-electron chi connectivity index (χ4n) is 1.12. The standard InChI is InChI=1S/C9H10ClN3O4/c1-5(9(14)17-2)12-8-7(13(15)16)3-6(10)4-11-8/h3-5H,1-2H3,(H,11,12). The molecular formula is C9H10ClN3O4. The lowest BCUT2D eigenvalue weighted by atomic mass is 10.3. The first-order valence-corrected chi connectivity index (χ1v) is 4.97. The van der Waals surface area contributed by atoms with E-state index < -0.39 is 16.9 Å². The lowest BCUT2D eigenvalue weighted by molar-refractivity contribution is -0.384. The molecule has 1 N–H and O–H groups in total. The lowest BCUT2D eigenvalue weighted by Crippen LogP contribution is -2.27. The van der Waals surface area contributed by atoms with Gasteiger partial charge in [0.05, 0.1) is 17.1 Å². The third-order valence-electron chi connectivity index (χ3n) is 1.94. The molecular weight excluding hydrogens is 250 g/mol. The van der Waals surface area contributed by atoms with E-state index in [0.29, 0.717) is 0 Å². The number of nitrogens with one attached hydrogen (secondary N) is 1. The Morgan fingerprint density at radius 1 is 1.71 bits per heavy atom. The number of halogens is 1. The van der Waals surface area contributed by atoms with Crippen LogP contribution >= 0.6 is 11.6 Å². The molecule has 8 heteroatoms. The van der Waals surface area contributed by atoms with Gasteiger partial charge in [0.2, 0.25) is 5.82 Å². The number of ether oxygens (including phenoxy) is 1. The highest BCUT2D eigenvalue weighted by molar-refractivity contribution is 6.30. The van der Waals surface area contributed by atoms with E-state index in [2.05, 4.69) is 15.0 Å². The molecule has 1 aromatic heterocycles. The van der Waals surface area contributed by atoms with Gasteiger partial charge in [0.1, 0.15) is 6.04 Å². The fourth-order valence-corrected chi connectivity index (χ4v) is 1.27. The van der Waals surface area contributed by atoms with Crippen molar-refractivity contribution in [3.8, 4) is 0 Å². The summed E-state index contributed by atoms with van der Waals surface area (Å²) < 4.78 is 4.48. The molecule has 0 aromatic carbocycles. The lowest BCUT2D eigenvalue weighted by Gasteiger charge is -2.11. The number of hydrogen-bond acceptors (Lipinski definition) is 6. The van der Waals surface area contributed by atoms with E-state index in [-0.39, 0.29) is 16.5 Å². The SMILES string of the molecule is COC(=O)C(C)Nc1ncc(Cl)cc1[N+](=O)[O-]. The average Bonchev–Trinajstić information content (AvgIpc) is 2.29. The molecule has 0 fully saturated rings. The molecule has 0 saturated carbocycles. The number of anilines is 1. The van der Waals surface area contributed by atoms with E-state index >= 15 is 0 Å². The molecule has 0 radical (unpaired) electrons. The second kappa shape index (κ2) is 5.44. The molecule has 92 valence electrons.